The van der Waals surface area contributed by atoms with E-state index in [9.17, 15) is 4.79 Å². The molecule has 1 fully saturated rings. The van der Waals surface area contributed by atoms with Crippen molar-refractivity contribution in [3.8, 4) is 0 Å². The summed E-state index contributed by atoms with van der Waals surface area (Å²) in [5.74, 6) is -0.487. The summed E-state index contributed by atoms with van der Waals surface area (Å²) in [7, 11) is 1.44. The fourth-order valence-corrected chi connectivity index (χ4v) is 3.00. The summed E-state index contributed by atoms with van der Waals surface area (Å²) >= 11 is 0. The van der Waals surface area contributed by atoms with Crippen molar-refractivity contribution in [3.05, 3.63) is 71.8 Å². The second-order valence-corrected chi connectivity index (χ2v) is 5.23. The molecule has 3 rings (SSSR count). The minimum absolute atomic E-state index is 0.0313. The zero-order valence-corrected chi connectivity index (χ0v) is 11.9. The maximum atomic E-state index is 12.3. The van der Waals surface area contributed by atoms with E-state index in [1.54, 1.807) is 0 Å². The van der Waals surface area contributed by atoms with Crippen molar-refractivity contribution in [2.24, 2.45) is 5.92 Å². The van der Waals surface area contributed by atoms with E-state index in [-0.39, 0.29) is 23.9 Å². The molecule has 1 aliphatic heterocycles. The Bertz CT molecular complexity index is 547. The highest BCUT2D eigenvalue weighted by atomic mass is 16.5. The maximum Gasteiger partial charge on any atom is 0.312 e. The number of methoxy groups -OCH3 is 1. The van der Waals surface area contributed by atoms with E-state index in [0.29, 0.717) is 6.61 Å². The van der Waals surface area contributed by atoms with Gasteiger partial charge < -0.3 is 9.47 Å². The first kappa shape index (κ1) is 13.8. The normalized spacial score (nSPS) is 24.7. The van der Waals surface area contributed by atoms with Gasteiger partial charge in [0.1, 0.15) is 0 Å². The summed E-state index contributed by atoms with van der Waals surface area (Å²) in [6.45, 7) is 0.531. The first-order valence-corrected chi connectivity index (χ1v) is 7.10. The minimum Gasteiger partial charge on any atom is -0.469 e. The molecule has 1 heterocycles. The van der Waals surface area contributed by atoms with E-state index in [1.165, 1.54) is 7.11 Å². The van der Waals surface area contributed by atoms with Crippen LogP contribution in [-0.2, 0) is 14.3 Å². The van der Waals surface area contributed by atoms with Gasteiger partial charge in [-0.05, 0) is 11.1 Å². The molecule has 21 heavy (non-hydrogen) atoms. The number of hydrogen-bond donors (Lipinski definition) is 0. The van der Waals surface area contributed by atoms with Gasteiger partial charge in [-0.25, -0.2) is 0 Å². The van der Waals surface area contributed by atoms with Gasteiger partial charge in [0.15, 0.2) is 0 Å². The lowest BCUT2D eigenvalue weighted by Gasteiger charge is -2.21. The summed E-state index contributed by atoms with van der Waals surface area (Å²) in [5.41, 5.74) is 2.14. The van der Waals surface area contributed by atoms with Crippen LogP contribution >= 0.6 is 0 Å². The highest BCUT2D eigenvalue weighted by molar-refractivity contribution is 5.75. The van der Waals surface area contributed by atoms with E-state index in [2.05, 4.69) is 0 Å². The molecule has 0 N–H and O–H groups in total. The number of rotatable bonds is 3. The summed E-state index contributed by atoms with van der Waals surface area (Å²) in [6.07, 6.45) is -0.246. The van der Waals surface area contributed by atoms with Crippen molar-refractivity contribution in [1.82, 2.24) is 0 Å². The van der Waals surface area contributed by atoms with Crippen molar-refractivity contribution in [3.63, 3.8) is 0 Å². The molecule has 0 aliphatic carbocycles. The second kappa shape index (κ2) is 6.10. The molecule has 1 aliphatic rings. The molecule has 108 valence electrons. The maximum absolute atomic E-state index is 12.3. The average Bonchev–Trinajstić information content (AvgIpc) is 3.00. The lowest BCUT2D eigenvalue weighted by molar-refractivity contribution is -0.147. The Morgan fingerprint density at radius 2 is 1.57 bits per heavy atom. The van der Waals surface area contributed by atoms with Crippen LogP contribution in [0.3, 0.4) is 0 Å². The van der Waals surface area contributed by atoms with E-state index in [0.717, 1.165) is 11.1 Å². The molecule has 3 nitrogen and oxygen atoms in total. The van der Waals surface area contributed by atoms with Gasteiger partial charge in [0.05, 0.1) is 25.7 Å². The third kappa shape index (κ3) is 2.69. The molecule has 0 radical (unpaired) electrons. The smallest absolute Gasteiger partial charge is 0.312 e. The minimum atomic E-state index is -0.306. The van der Waals surface area contributed by atoms with Gasteiger partial charge in [-0.3, -0.25) is 4.79 Å². The molecule has 0 amide bonds. The van der Waals surface area contributed by atoms with Crippen molar-refractivity contribution in [1.29, 1.82) is 0 Å². The SMILES string of the molecule is COC(=O)C1C(c2ccccc2)COC1c1ccccc1. The Morgan fingerprint density at radius 1 is 1.00 bits per heavy atom. The quantitative estimate of drug-likeness (QED) is 0.810. The Labute approximate surface area is 124 Å². The van der Waals surface area contributed by atoms with Gasteiger partial charge in [0, 0.05) is 5.92 Å². The Morgan fingerprint density at radius 3 is 2.14 bits per heavy atom. The van der Waals surface area contributed by atoms with Gasteiger partial charge >= 0.3 is 5.97 Å². The molecule has 3 atom stereocenters. The first-order chi connectivity index (χ1) is 10.3. The monoisotopic (exact) mass is 282 g/mol. The third-order valence-corrected chi connectivity index (χ3v) is 4.04. The third-order valence-electron chi connectivity index (χ3n) is 4.04. The van der Waals surface area contributed by atoms with E-state index < -0.39 is 0 Å². The fraction of sp³-hybridized carbons (Fsp3) is 0.278. The highest BCUT2D eigenvalue weighted by Gasteiger charge is 2.44. The Hall–Kier alpha value is -2.13. The van der Waals surface area contributed by atoms with Crippen molar-refractivity contribution >= 4 is 5.97 Å². The molecule has 0 saturated carbocycles. The highest BCUT2D eigenvalue weighted by Crippen LogP contribution is 2.44. The Kier molecular flexibility index (Phi) is 4.02. The van der Waals surface area contributed by atoms with Crippen LogP contribution in [0.5, 0.6) is 0 Å². The van der Waals surface area contributed by atoms with Crippen LogP contribution in [0.2, 0.25) is 0 Å². The number of hydrogen-bond acceptors (Lipinski definition) is 3. The topological polar surface area (TPSA) is 35.5 Å². The number of carbonyl (C=O) groups excluding carboxylic acids is 1. The van der Waals surface area contributed by atoms with Crippen LogP contribution in [-0.4, -0.2) is 19.7 Å². The van der Waals surface area contributed by atoms with Gasteiger partial charge in [-0.2, -0.15) is 0 Å². The van der Waals surface area contributed by atoms with Crippen molar-refractivity contribution in [2.75, 3.05) is 13.7 Å². The van der Waals surface area contributed by atoms with Gasteiger partial charge in [-0.1, -0.05) is 60.7 Å². The molecule has 2 aromatic carbocycles. The molecule has 0 bridgehead atoms. The fourth-order valence-electron chi connectivity index (χ4n) is 3.00. The molecule has 0 spiro atoms. The van der Waals surface area contributed by atoms with Crippen LogP contribution in [0.15, 0.2) is 60.7 Å². The van der Waals surface area contributed by atoms with E-state index >= 15 is 0 Å². The van der Waals surface area contributed by atoms with Crippen LogP contribution in [0.1, 0.15) is 23.1 Å². The zero-order chi connectivity index (χ0) is 14.7. The number of esters is 1. The van der Waals surface area contributed by atoms with Gasteiger partial charge in [-0.15, -0.1) is 0 Å². The summed E-state index contributed by atoms with van der Waals surface area (Å²) < 4.78 is 11.0. The molecule has 0 aromatic heterocycles. The average molecular weight is 282 g/mol. The molecular formula is C18H18O3. The number of carbonyl (C=O) groups is 1. The molecule has 1 saturated heterocycles. The molecule has 3 unspecified atom stereocenters. The predicted octanol–water partition coefficient (Wildman–Crippen LogP) is 3.33. The molecular weight excluding hydrogens is 264 g/mol. The number of benzene rings is 2. The van der Waals surface area contributed by atoms with Crippen LogP contribution < -0.4 is 0 Å². The zero-order valence-electron chi connectivity index (χ0n) is 11.9. The summed E-state index contributed by atoms with van der Waals surface area (Å²) in [5, 5.41) is 0. The lowest BCUT2D eigenvalue weighted by atomic mass is 9.83. The van der Waals surface area contributed by atoms with E-state index in [1.807, 2.05) is 60.7 Å². The van der Waals surface area contributed by atoms with Crippen LogP contribution in [0.4, 0.5) is 0 Å². The van der Waals surface area contributed by atoms with Crippen LogP contribution in [0, 0.1) is 5.92 Å². The number of ether oxygens (including phenoxy) is 2. The van der Waals surface area contributed by atoms with Gasteiger partial charge in [0.25, 0.3) is 0 Å². The first-order valence-electron chi connectivity index (χ1n) is 7.10. The standard InChI is InChI=1S/C18H18O3/c1-20-18(19)16-15(13-8-4-2-5-9-13)12-21-17(16)14-10-6-3-7-11-14/h2-11,15-17H,12H2,1H3. The van der Waals surface area contributed by atoms with Crippen molar-refractivity contribution in [2.45, 2.75) is 12.0 Å². The molecule has 2 aromatic rings. The van der Waals surface area contributed by atoms with E-state index in [4.69, 9.17) is 9.47 Å². The largest absolute Gasteiger partial charge is 0.469 e. The lowest BCUT2D eigenvalue weighted by Crippen LogP contribution is -2.24. The molecule has 3 heteroatoms. The predicted molar refractivity (Wildman–Crippen MR) is 79.8 cm³/mol. The summed E-state index contributed by atoms with van der Waals surface area (Å²) in [6, 6.07) is 19.9. The van der Waals surface area contributed by atoms with Crippen LogP contribution in [0.25, 0.3) is 0 Å². The second-order valence-electron chi connectivity index (χ2n) is 5.23. The summed E-state index contributed by atoms with van der Waals surface area (Å²) in [4.78, 5) is 12.3. The van der Waals surface area contributed by atoms with Crippen molar-refractivity contribution < 1.29 is 14.3 Å². The van der Waals surface area contributed by atoms with Gasteiger partial charge in [0.2, 0.25) is 0 Å². The Balaban J connectivity index is 1.95.